The van der Waals surface area contributed by atoms with Crippen LogP contribution in [0.4, 0.5) is 5.69 Å². The van der Waals surface area contributed by atoms with E-state index in [4.69, 9.17) is 4.74 Å². The fourth-order valence-corrected chi connectivity index (χ4v) is 2.48. The maximum absolute atomic E-state index is 12.3. The molecular weight excluding hydrogens is 308 g/mol. The summed E-state index contributed by atoms with van der Waals surface area (Å²) in [4.78, 5) is 12.3. The number of carbonyl (C=O) groups is 1. The molecule has 5 heteroatoms. The van der Waals surface area contributed by atoms with E-state index in [-0.39, 0.29) is 17.9 Å². The van der Waals surface area contributed by atoms with Crippen LogP contribution >= 0.6 is 15.9 Å². The van der Waals surface area contributed by atoms with Crippen molar-refractivity contribution in [1.29, 1.82) is 0 Å². The summed E-state index contributed by atoms with van der Waals surface area (Å²) in [6, 6.07) is 5.91. The highest BCUT2D eigenvalue weighted by atomic mass is 79.9. The van der Waals surface area contributed by atoms with Gasteiger partial charge >= 0.3 is 0 Å². The van der Waals surface area contributed by atoms with E-state index >= 15 is 0 Å². The second-order valence-electron chi connectivity index (χ2n) is 4.76. The lowest BCUT2D eigenvalue weighted by atomic mass is 10.0. The Labute approximate surface area is 122 Å². The molecule has 0 saturated carbocycles. The van der Waals surface area contributed by atoms with E-state index in [1.54, 1.807) is 0 Å². The molecule has 19 heavy (non-hydrogen) atoms. The zero-order valence-electron chi connectivity index (χ0n) is 11.2. The first-order valence-corrected chi connectivity index (χ1v) is 7.29. The van der Waals surface area contributed by atoms with Crippen LogP contribution in [0.1, 0.15) is 12.5 Å². The van der Waals surface area contributed by atoms with Gasteiger partial charge in [-0.05, 0) is 37.2 Å². The van der Waals surface area contributed by atoms with Crippen molar-refractivity contribution in [3.05, 3.63) is 28.2 Å². The van der Waals surface area contributed by atoms with Gasteiger partial charge in [0.05, 0.1) is 19.1 Å². The van der Waals surface area contributed by atoms with E-state index in [9.17, 15) is 4.79 Å². The summed E-state index contributed by atoms with van der Waals surface area (Å²) >= 11 is 3.45. The molecule has 0 aromatic heterocycles. The number of nitrogens with one attached hydrogen (secondary N) is 2. The Kier molecular flexibility index (Phi) is 4.96. The summed E-state index contributed by atoms with van der Waals surface area (Å²) in [7, 11) is 0. The number of aryl methyl sites for hydroxylation is 1. The summed E-state index contributed by atoms with van der Waals surface area (Å²) in [5.41, 5.74) is 1.93. The number of halogens is 1. The number of hydrogen-bond donors (Lipinski definition) is 2. The van der Waals surface area contributed by atoms with Crippen molar-refractivity contribution in [3.8, 4) is 0 Å². The topological polar surface area (TPSA) is 50.4 Å². The standard InChI is InChI=1S/C14H19BrN2O2/c1-3-16-13-8-19-7-11(13)14(18)17-10-4-5-12(15)9(2)6-10/h4-6,11,13,16H,3,7-8H2,1-2H3,(H,17,18). The molecule has 0 radical (unpaired) electrons. The number of hydrogen-bond acceptors (Lipinski definition) is 3. The van der Waals surface area contributed by atoms with Crippen LogP contribution in [0.2, 0.25) is 0 Å². The predicted molar refractivity (Wildman–Crippen MR) is 79.3 cm³/mol. The molecule has 1 aliphatic heterocycles. The second-order valence-corrected chi connectivity index (χ2v) is 5.62. The van der Waals surface area contributed by atoms with Gasteiger partial charge in [-0.15, -0.1) is 0 Å². The molecule has 1 fully saturated rings. The summed E-state index contributed by atoms with van der Waals surface area (Å²) in [6.45, 7) is 5.96. The smallest absolute Gasteiger partial charge is 0.231 e. The van der Waals surface area contributed by atoms with Crippen molar-refractivity contribution in [2.45, 2.75) is 19.9 Å². The fourth-order valence-electron chi connectivity index (χ4n) is 2.23. The second kappa shape index (κ2) is 6.50. The van der Waals surface area contributed by atoms with Crippen LogP contribution in [0.15, 0.2) is 22.7 Å². The summed E-state index contributed by atoms with van der Waals surface area (Å²) in [5.74, 6) is -0.103. The van der Waals surface area contributed by atoms with Crippen LogP contribution in [-0.4, -0.2) is 31.7 Å². The van der Waals surface area contributed by atoms with Crippen molar-refractivity contribution >= 4 is 27.5 Å². The van der Waals surface area contributed by atoms with Gasteiger partial charge in [0, 0.05) is 16.2 Å². The first kappa shape index (κ1) is 14.5. The van der Waals surface area contributed by atoms with Crippen LogP contribution in [-0.2, 0) is 9.53 Å². The number of likely N-dealkylation sites (N-methyl/N-ethyl adjacent to an activating group) is 1. The summed E-state index contributed by atoms with van der Waals surface area (Å²) < 4.78 is 6.43. The molecule has 2 N–H and O–H groups in total. The van der Waals surface area contributed by atoms with E-state index in [2.05, 4.69) is 26.6 Å². The lowest BCUT2D eigenvalue weighted by molar-refractivity contribution is -0.120. The Balaban J connectivity index is 2.02. The van der Waals surface area contributed by atoms with Crippen LogP contribution in [0.3, 0.4) is 0 Å². The van der Waals surface area contributed by atoms with E-state index < -0.39 is 0 Å². The van der Waals surface area contributed by atoms with Crippen LogP contribution < -0.4 is 10.6 Å². The average molecular weight is 327 g/mol. The molecule has 0 aliphatic carbocycles. The van der Waals surface area contributed by atoms with Crippen LogP contribution in [0.25, 0.3) is 0 Å². The van der Waals surface area contributed by atoms with Gasteiger partial charge in [-0.3, -0.25) is 4.79 Å². The first-order chi connectivity index (χ1) is 9.11. The van der Waals surface area contributed by atoms with Crippen molar-refractivity contribution in [2.24, 2.45) is 5.92 Å². The maximum atomic E-state index is 12.3. The summed E-state index contributed by atoms with van der Waals surface area (Å²) in [5, 5.41) is 6.25. The molecule has 4 nitrogen and oxygen atoms in total. The van der Waals surface area contributed by atoms with Gasteiger partial charge in [-0.2, -0.15) is 0 Å². The number of carbonyl (C=O) groups excluding carboxylic acids is 1. The third kappa shape index (κ3) is 3.55. The minimum absolute atomic E-state index is 0.0187. The van der Waals surface area contributed by atoms with Gasteiger partial charge in [0.1, 0.15) is 0 Å². The largest absolute Gasteiger partial charge is 0.379 e. The van der Waals surface area contributed by atoms with Crippen molar-refractivity contribution < 1.29 is 9.53 Å². The van der Waals surface area contributed by atoms with Crippen LogP contribution in [0, 0.1) is 12.8 Å². The minimum Gasteiger partial charge on any atom is -0.379 e. The van der Waals surface area contributed by atoms with Gasteiger partial charge in [-0.25, -0.2) is 0 Å². The monoisotopic (exact) mass is 326 g/mol. The molecule has 1 aliphatic rings. The van der Waals surface area contributed by atoms with Gasteiger partial charge in [0.25, 0.3) is 0 Å². The third-order valence-electron chi connectivity index (χ3n) is 3.31. The minimum atomic E-state index is -0.121. The Morgan fingerprint density at radius 2 is 2.26 bits per heavy atom. The predicted octanol–water partition coefficient (Wildman–Crippen LogP) is 2.32. The number of ether oxygens (including phenoxy) is 1. The van der Waals surface area contributed by atoms with Crippen molar-refractivity contribution in [2.75, 3.05) is 25.1 Å². The molecule has 2 rings (SSSR count). The number of amides is 1. The molecule has 2 atom stereocenters. The normalized spacial score (nSPS) is 22.5. The van der Waals surface area contributed by atoms with Crippen LogP contribution in [0.5, 0.6) is 0 Å². The Bertz CT molecular complexity index is 465. The highest BCUT2D eigenvalue weighted by Gasteiger charge is 2.33. The zero-order chi connectivity index (χ0) is 13.8. The van der Waals surface area contributed by atoms with E-state index in [1.807, 2.05) is 32.0 Å². The Morgan fingerprint density at radius 3 is 2.95 bits per heavy atom. The number of benzene rings is 1. The molecule has 2 unspecified atom stereocenters. The van der Waals surface area contributed by atoms with E-state index in [0.29, 0.717) is 13.2 Å². The molecule has 1 saturated heterocycles. The molecule has 1 aromatic carbocycles. The van der Waals surface area contributed by atoms with Gasteiger partial charge in [0.2, 0.25) is 5.91 Å². The van der Waals surface area contributed by atoms with Gasteiger partial charge in [-0.1, -0.05) is 22.9 Å². The zero-order valence-corrected chi connectivity index (χ0v) is 12.8. The number of anilines is 1. The third-order valence-corrected chi connectivity index (χ3v) is 4.20. The fraction of sp³-hybridized carbons (Fsp3) is 0.500. The highest BCUT2D eigenvalue weighted by Crippen LogP contribution is 2.22. The molecule has 1 heterocycles. The molecule has 0 spiro atoms. The maximum Gasteiger partial charge on any atom is 0.231 e. The quantitative estimate of drug-likeness (QED) is 0.892. The molecule has 0 bridgehead atoms. The number of rotatable bonds is 4. The Hall–Kier alpha value is -0.910. The van der Waals surface area contributed by atoms with Crippen molar-refractivity contribution in [3.63, 3.8) is 0 Å². The average Bonchev–Trinajstić information content (AvgIpc) is 2.83. The van der Waals surface area contributed by atoms with Crippen molar-refractivity contribution in [1.82, 2.24) is 5.32 Å². The van der Waals surface area contributed by atoms with Gasteiger partial charge < -0.3 is 15.4 Å². The lowest BCUT2D eigenvalue weighted by Gasteiger charge is -2.18. The highest BCUT2D eigenvalue weighted by molar-refractivity contribution is 9.10. The molecule has 1 aromatic rings. The Morgan fingerprint density at radius 1 is 1.47 bits per heavy atom. The first-order valence-electron chi connectivity index (χ1n) is 6.50. The van der Waals surface area contributed by atoms with Gasteiger partial charge in [0.15, 0.2) is 0 Å². The molecule has 104 valence electrons. The van der Waals surface area contributed by atoms with E-state index in [1.165, 1.54) is 0 Å². The van der Waals surface area contributed by atoms with E-state index in [0.717, 1.165) is 22.3 Å². The lowest BCUT2D eigenvalue weighted by Crippen LogP contribution is -2.41. The molecule has 1 amide bonds. The molecular formula is C14H19BrN2O2. The summed E-state index contributed by atoms with van der Waals surface area (Å²) in [6.07, 6.45) is 0. The SMILES string of the molecule is CCNC1COCC1C(=O)Nc1ccc(Br)c(C)c1.